The maximum Gasteiger partial charge on any atom is 0.0449 e. The van der Waals surface area contributed by atoms with Crippen molar-refractivity contribution in [3.63, 3.8) is 0 Å². The maximum atomic E-state index is 5.86. The molecule has 2 N–H and O–H groups in total. The second kappa shape index (κ2) is 5.28. The van der Waals surface area contributed by atoms with E-state index in [2.05, 4.69) is 59.8 Å². The molecule has 0 spiro atoms. The van der Waals surface area contributed by atoms with Crippen molar-refractivity contribution in [2.45, 2.75) is 31.6 Å². The van der Waals surface area contributed by atoms with Gasteiger partial charge in [0.2, 0.25) is 0 Å². The number of hydrogen-bond acceptors (Lipinski definition) is 1. The zero-order valence-corrected chi connectivity index (χ0v) is 12.3. The first kappa shape index (κ1) is 12.9. The highest BCUT2D eigenvalue weighted by Gasteiger charge is 2.20. The van der Waals surface area contributed by atoms with Gasteiger partial charge in [0.05, 0.1) is 0 Å². The van der Waals surface area contributed by atoms with Crippen LogP contribution in [0.1, 0.15) is 11.5 Å². The molecule has 0 saturated heterocycles. The Hall–Kier alpha value is -0.123. The highest BCUT2D eigenvalue weighted by molar-refractivity contribution is 9.10. The Morgan fingerprint density at radius 2 is 1.73 bits per heavy atom. The summed E-state index contributed by atoms with van der Waals surface area (Å²) in [6.07, 6.45) is 0. The molecule has 1 atom stereocenters. The fourth-order valence-corrected chi connectivity index (χ4v) is 3.96. The zero-order valence-electron chi connectivity index (χ0n) is 9.76. The standard InChI is InChI=1S/C12H20BrNSi/c1-15(2,3)9-11(8-14)10-4-6-12(13)7-5-10/h4-7,11H,8-9,14H2,1-3H3. The van der Waals surface area contributed by atoms with Crippen LogP contribution in [0.5, 0.6) is 0 Å². The summed E-state index contributed by atoms with van der Waals surface area (Å²) in [5.74, 6) is 0.532. The van der Waals surface area contributed by atoms with Gasteiger partial charge in [0.15, 0.2) is 0 Å². The lowest BCUT2D eigenvalue weighted by atomic mass is 10.0. The van der Waals surface area contributed by atoms with E-state index in [-0.39, 0.29) is 0 Å². The third-order valence-electron chi connectivity index (χ3n) is 2.48. The van der Waals surface area contributed by atoms with Crippen molar-refractivity contribution in [3.05, 3.63) is 34.3 Å². The topological polar surface area (TPSA) is 26.0 Å². The van der Waals surface area contributed by atoms with Gasteiger partial charge < -0.3 is 5.73 Å². The second-order valence-corrected chi connectivity index (χ2v) is 11.7. The van der Waals surface area contributed by atoms with Crippen molar-refractivity contribution in [2.75, 3.05) is 6.54 Å². The molecule has 1 unspecified atom stereocenters. The van der Waals surface area contributed by atoms with E-state index in [0.29, 0.717) is 5.92 Å². The molecule has 0 aromatic heterocycles. The fraction of sp³-hybridized carbons (Fsp3) is 0.500. The molecule has 0 radical (unpaired) electrons. The summed E-state index contributed by atoms with van der Waals surface area (Å²) in [6, 6.07) is 9.83. The summed E-state index contributed by atoms with van der Waals surface area (Å²) in [4.78, 5) is 0. The van der Waals surface area contributed by atoms with Crippen LogP contribution < -0.4 is 5.73 Å². The number of hydrogen-bond donors (Lipinski definition) is 1. The van der Waals surface area contributed by atoms with Crippen LogP contribution >= 0.6 is 15.9 Å². The van der Waals surface area contributed by atoms with Crippen LogP contribution in [0, 0.1) is 0 Å². The van der Waals surface area contributed by atoms with Crippen LogP contribution in [0.15, 0.2) is 28.7 Å². The predicted molar refractivity (Wildman–Crippen MR) is 74.1 cm³/mol. The minimum absolute atomic E-state index is 0.532. The monoisotopic (exact) mass is 285 g/mol. The number of halogens is 1. The summed E-state index contributed by atoms with van der Waals surface area (Å²) >= 11 is 3.46. The first-order chi connectivity index (χ1) is 6.92. The van der Waals surface area contributed by atoms with Gasteiger partial charge in [-0.2, -0.15) is 0 Å². The molecule has 0 aliphatic carbocycles. The average Bonchev–Trinajstić information content (AvgIpc) is 2.14. The van der Waals surface area contributed by atoms with Crippen LogP contribution in [0.4, 0.5) is 0 Å². The summed E-state index contributed by atoms with van der Waals surface area (Å²) < 4.78 is 1.13. The molecule has 3 heteroatoms. The molecule has 84 valence electrons. The summed E-state index contributed by atoms with van der Waals surface area (Å²) in [5, 5.41) is 0. The molecule has 0 fully saturated rings. The lowest BCUT2D eigenvalue weighted by Crippen LogP contribution is -2.26. The Morgan fingerprint density at radius 3 is 2.13 bits per heavy atom. The largest absolute Gasteiger partial charge is 0.330 e. The van der Waals surface area contributed by atoms with E-state index < -0.39 is 8.07 Å². The van der Waals surface area contributed by atoms with Crippen molar-refractivity contribution in [2.24, 2.45) is 5.73 Å². The van der Waals surface area contributed by atoms with Crippen molar-refractivity contribution >= 4 is 24.0 Å². The molecular weight excluding hydrogens is 266 g/mol. The molecule has 15 heavy (non-hydrogen) atoms. The summed E-state index contributed by atoms with van der Waals surface area (Å²) in [7, 11) is -1.03. The lowest BCUT2D eigenvalue weighted by molar-refractivity contribution is 0.760. The Balaban J connectivity index is 2.79. The smallest absolute Gasteiger partial charge is 0.0449 e. The van der Waals surface area contributed by atoms with Crippen molar-refractivity contribution in [1.82, 2.24) is 0 Å². The number of nitrogens with two attached hydrogens (primary N) is 1. The van der Waals surface area contributed by atoms with Crippen LogP contribution in [0.25, 0.3) is 0 Å². The van der Waals surface area contributed by atoms with E-state index in [4.69, 9.17) is 5.73 Å². The Kier molecular flexibility index (Phi) is 4.56. The van der Waals surface area contributed by atoms with Gasteiger partial charge in [-0.25, -0.2) is 0 Å². The van der Waals surface area contributed by atoms with Crippen molar-refractivity contribution < 1.29 is 0 Å². The van der Waals surface area contributed by atoms with Crippen LogP contribution in [0.3, 0.4) is 0 Å². The molecule has 1 aromatic rings. The van der Waals surface area contributed by atoms with Gasteiger partial charge >= 0.3 is 0 Å². The predicted octanol–water partition coefficient (Wildman–Crippen LogP) is 3.83. The molecule has 0 saturated carbocycles. The molecule has 0 amide bonds. The van der Waals surface area contributed by atoms with Gasteiger partial charge in [-0.3, -0.25) is 0 Å². The van der Waals surface area contributed by atoms with Crippen molar-refractivity contribution in [1.29, 1.82) is 0 Å². The lowest BCUT2D eigenvalue weighted by Gasteiger charge is -2.23. The number of rotatable bonds is 4. The molecule has 1 rings (SSSR count). The normalized spacial score (nSPS) is 13.9. The molecule has 0 bridgehead atoms. The Bertz CT molecular complexity index is 302. The van der Waals surface area contributed by atoms with E-state index in [1.165, 1.54) is 11.6 Å². The SMILES string of the molecule is C[Si](C)(C)CC(CN)c1ccc(Br)cc1. The second-order valence-electron chi connectivity index (χ2n) is 5.25. The molecule has 1 nitrogen and oxygen atoms in total. The quantitative estimate of drug-likeness (QED) is 0.836. The van der Waals surface area contributed by atoms with E-state index in [0.717, 1.165) is 11.0 Å². The van der Waals surface area contributed by atoms with Crippen LogP contribution in [-0.2, 0) is 0 Å². The Morgan fingerprint density at radius 1 is 1.20 bits per heavy atom. The van der Waals surface area contributed by atoms with Gasteiger partial charge in [-0.1, -0.05) is 47.7 Å². The van der Waals surface area contributed by atoms with Crippen molar-refractivity contribution in [3.8, 4) is 0 Å². The first-order valence-corrected chi connectivity index (χ1v) is 9.88. The van der Waals surface area contributed by atoms with Gasteiger partial charge in [0, 0.05) is 12.5 Å². The molecule has 0 heterocycles. The highest BCUT2D eigenvalue weighted by Crippen LogP contribution is 2.26. The molecule has 1 aromatic carbocycles. The van der Waals surface area contributed by atoms with Crippen LogP contribution in [-0.4, -0.2) is 14.6 Å². The minimum atomic E-state index is -1.03. The van der Waals surface area contributed by atoms with Crippen LogP contribution in [0.2, 0.25) is 25.7 Å². The van der Waals surface area contributed by atoms with Gasteiger partial charge in [0.25, 0.3) is 0 Å². The first-order valence-electron chi connectivity index (χ1n) is 5.38. The van der Waals surface area contributed by atoms with Gasteiger partial charge in [0.1, 0.15) is 0 Å². The van der Waals surface area contributed by atoms with Gasteiger partial charge in [-0.05, 0) is 36.2 Å². The third-order valence-corrected chi connectivity index (χ3v) is 4.73. The van der Waals surface area contributed by atoms with E-state index in [1.54, 1.807) is 0 Å². The molecule has 0 aliphatic heterocycles. The minimum Gasteiger partial charge on any atom is -0.330 e. The van der Waals surface area contributed by atoms with Gasteiger partial charge in [-0.15, -0.1) is 0 Å². The maximum absolute atomic E-state index is 5.86. The molecule has 0 aliphatic rings. The number of benzene rings is 1. The average molecular weight is 286 g/mol. The molecular formula is C12H20BrNSi. The summed E-state index contributed by atoms with van der Waals surface area (Å²) in [5.41, 5.74) is 7.24. The zero-order chi connectivity index (χ0) is 11.5. The summed E-state index contributed by atoms with van der Waals surface area (Å²) in [6.45, 7) is 7.95. The fourth-order valence-electron chi connectivity index (χ4n) is 1.81. The van der Waals surface area contributed by atoms with E-state index in [1.807, 2.05) is 0 Å². The van der Waals surface area contributed by atoms with E-state index in [9.17, 15) is 0 Å². The highest BCUT2D eigenvalue weighted by atomic mass is 79.9. The third kappa shape index (κ3) is 4.49. The Labute approximate surface area is 102 Å². The van der Waals surface area contributed by atoms with E-state index >= 15 is 0 Å².